The van der Waals surface area contributed by atoms with E-state index < -0.39 is 5.54 Å². The van der Waals surface area contributed by atoms with Crippen LogP contribution in [0.15, 0.2) is 36.7 Å². The first kappa shape index (κ1) is 23.2. The summed E-state index contributed by atoms with van der Waals surface area (Å²) >= 11 is 1.46. The van der Waals surface area contributed by atoms with Crippen LogP contribution in [-0.4, -0.2) is 50.1 Å². The number of amides is 1. The zero-order valence-electron chi connectivity index (χ0n) is 19.0. The highest BCUT2D eigenvalue weighted by Gasteiger charge is 2.41. The molecule has 174 valence electrons. The Morgan fingerprint density at radius 2 is 2.06 bits per heavy atom. The number of carbonyl (C=O) groups is 1. The molecule has 0 saturated heterocycles. The number of nitrogens with zero attached hydrogens (tertiary/aromatic N) is 5. The van der Waals surface area contributed by atoms with E-state index in [1.165, 1.54) is 17.4 Å². The third-order valence-electron chi connectivity index (χ3n) is 5.91. The molecule has 0 aromatic carbocycles. The summed E-state index contributed by atoms with van der Waals surface area (Å²) < 4.78 is 14.3. The number of pyridine rings is 1. The number of rotatable bonds is 8. The molecule has 33 heavy (non-hydrogen) atoms. The van der Waals surface area contributed by atoms with E-state index in [4.69, 9.17) is 5.73 Å². The lowest BCUT2D eigenvalue weighted by molar-refractivity contribution is -0.134. The lowest BCUT2D eigenvalue weighted by Crippen LogP contribution is -2.49. The first-order valence-corrected chi connectivity index (χ1v) is 11.7. The van der Waals surface area contributed by atoms with Crippen molar-refractivity contribution in [3.8, 4) is 10.7 Å². The van der Waals surface area contributed by atoms with E-state index in [2.05, 4.69) is 25.5 Å². The number of thiazole rings is 1. The van der Waals surface area contributed by atoms with E-state index in [-0.39, 0.29) is 17.1 Å². The number of halogens is 1. The third kappa shape index (κ3) is 5.01. The van der Waals surface area contributed by atoms with Gasteiger partial charge in [-0.25, -0.2) is 9.37 Å². The molecule has 1 fully saturated rings. The van der Waals surface area contributed by atoms with Crippen molar-refractivity contribution in [1.29, 1.82) is 0 Å². The van der Waals surface area contributed by atoms with Crippen LogP contribution in [-0.2, 0) is 16.8 Å². The van der Waals surface area contributed by atoms with Gasteiger partial charge in [-0.2, -0.15) is 0 Å². The molecule has 0 bridgehead atoms. The largest absolute Gasteiger partial charge is 0.368 e. The zero-order chi connectivity index (χ0) is 23.6. The van der Waals surface area contributed by atoms with Gasteiger partial charge in [0.2, 0.25) is 5.91 Å². The van der Waals surface area contributed by atoms with Crippen LogP contribution >= 0.6 is 11.3 Å². The second-order valence-corrected chi connectivity index (χ2v) is 10.3. The number of carbonyl (C=O) groups excluding carboxylic acids is 1. The minimum Gasteiger partial charge on any atom is -0.368 e. The van der Waals surface area contributed by atoms with E-state index in [9.17, 15) is 9.18 Å². The topological polar surface area (TPSA) is 110 Å². The smallest absolute Gasteiger partial charge is 0.242 e. The predicted octanol–water partition coefficient (Wildman–Crippen LogP) is 3.36. The Morgan fingerprint density at radius 3 is 2.67 bits per heavy atom. The van der Waals surface area contributed by atoms with Gasteiger partial charge in [0, 0.05) is 36.3 Å². The highest BCUT2D eigenvalue weighted by molar-refractivity contribution is 7.15. The van der Waals surface area contributed by atoms with Crippen LogP contribution in [0.4, 0.5) is 10.2 Å². The van der Waals surface area contributed by atoms with Gasteiger partial charge in [-0.3, -0.25) is 9.78 Å². The number of hydrogen-bond acceptors (Lipinski definition) is 8. The lowest BCUT2D eigenvalue weighted by atomic mass is 9.66. The molecule has 10 heteroatoms. The molecule has 0 atom stereocenters. The van der Waals surface area contributed by atoms with Gasteiger partial charge in [0.1, 0.15) is 22.3 Å². The predicted molar refractivity (Wildman–Crippen MR) is 126 cm³/mol. The van der Waals surface area contributed by atoms with Crippen molar-refractivity contribution in [2.75, 3.05) is 18.9 Å². The van der Waals surface area contributed by atoms with Crippen LogP contribution in [0, 0.1) is 5.82 Å². The molecule has 1 aliphatic carbocycles. The molecule has 1 amide bonds. The number of nitrogens with two attached hydrogens (primary N) is 1. The fraction of sp³-hybridized carbons (Fsp3) is 0.435. The van der Waals surface area contributed by atoms with Crippen LogP contribution in [0.3, 0.4) is 0 Å². The van der Waals surface area contributed by atoms with E-state index in [1.54, 1.807) is 44.3 Å². The Balaban J connectivity index is 1.39. The number of anilines is 1. The molecule has 0 spiro atoms. The second kappa shape index (κ2) is 9.11. The SMILES string of the molecule is CN(Cc1cnc(-c2ccc(NCC3(c4ncccc4F)CCC3)nn2)s1)C(=O)C(C)(C)N. The maximum Gasteiger partial charge on any atom is 0.242 e. The molecule has 1 saturated carbocycles. The summed E-state index contributed by atoms with van der Waals surface area (Å²) in [5.41, 5.74) is 5.84. The Morgan fingerprint density at radius 1 is 1.27 bits per heavy atom. The first-order chi connectivity index (χ1) is 15.7. The minimum absolute atomic E-state index is 0.137. The number of aromatic nitrogens is 4. The maximum absolute atomic E-state index is 14.3. The molecular formula is C23H28FN7OS. The quantitative estimate of drug-likeness (QED) is 0.520. The summed E-state index contributed by atoms with van der Waals surface area (Å²) in [6, 6.07) is 6.77. The first-order valence-electron chi connectivity index (χ1n) is 10.9. The zero-order valence-corrected chi connectivity index (χ0v) is 19.8. The van der Waals surface area contributed by atoms with Crippen molar-refractivity contribution in [2.45, 2.75) is 50.6 Å². The molecule has 8 nitrogen and oxygen atoms in total. The summed E-state index contributed by atoms with van der Waals surface area (Å²) in [6.45, 7) is 4.36. The average Bonchev–Trinajstić information content (AvgIpc) is 3.21. The molecule has 4 rings (SSSR count). The lowest BCUT2D eigenvalue weighted by Gasteiger charge is -2.41. The van der Waals surface area contributed by atoms with Gasteiger partial charge in [-0.1, -0.05) is 6.42 Å². The summed E-state index contributed by atoms with van der Waals surface area (Å²) in [4.78, 5) is 23.5. The standard InChI is InChI=1S/C23H28FN7OS/c1-22(2,25)21(32)31(3)13-15-12-27-20(33-15)17-7-8-18(30-29-17)28-14-23(9-5-10-23)19-16(24)6-4-11-26-19/h4,6-8,11-12H,5,9-10,13-14,25H2,1-3H3,(H,28,30). The van der Waals surface area contributed by atoms with Gasteiger partial charge in [0.05, 0.1) is 17.8 Å². The molecule has 0 unspecified atom stereocenters. The highest BCUT2D eigenvalue weighted by Crippen LogP contribution is 2.43. The van der Waals surface area contributed by atoms with Crippen LogP contribution in [0.25, 0.3) is 10.7 Å². The van der Waals surface area contributed by atoms with E-state index >= 15 is 0 Å². The van der Waals surface area contributed by atoms with Crippen molar-refractivity contribution < 1.29 is 9.18 Å². The number of hydrogen-bond donors (Lipinski definition) is 2. The molecule has 1 aliphatic rings. The average molecular weight is 470 g/mol. The van der Waals surface area contributed by atoms with Crippen molar-refractivity contribution in [1.82, 2.24) is 25.1 Å². The van der Waals surface area contributed by atoms with Gasteiger partial charge in [-0.15, -0.1) is 21.5 Å². The van der Waals surface area contributed by atoms with Crippen LogP contribution in [0.1, 0.15) is 43.7 Å². The summed E-state index contributed by atoms with van der Waals surface area (Å²) in [5, 5.41) is 12.6. The molecule has 0 aliphatic heterocycles. The van der Waals surface area contributed by atoms with Gasteiger partial charge >= 0.3 is 0 Å². The molecule has 3 N–H and O–H groups in total. The normalized spacial score (nSPS) is 15.1. The Kier molecular flexibility index (Phi) is 6.40. The molecule has 3 aromatic heterocycles. The van der Waals surface area contributed by atoms with Gasteiger partial charge in [0.25, 0.3) is 0 Å². The van der Waals surface area contributed by atoms with Crippen LogP contribution in [0.2, 0.25) is 0 Å². The fourth-order valence-electron chi connectivity index (χ4n) is 3.97. The summed E-state index contributed by atoms with van der Waals surface area (Å²) in [7, 11) is 1.72. The Bertz CT molecular complexity index is 1120. The minimum atomic E-state index is -0.920. The molecule has 3 aromatic rings. The third-order valence-corrected chi connectivity index (χ3v) is 6.91. The van der Waals surface area contributed by atoms with Crippen molar-refractivity contribution in [2.24, 2.45) is 5.73 Å². The van der Waals surface area contributed by atoms with E-state index in [1.807, 2.05) is 12.1 Å². The number of likely N-dealkylation sites (N-methyl/N-ethyl adjacent to an activating group) is 1. The summed E-state index contributed by atoms with van der Waals surface area (Å²) in [6.07, 6.45) is 6.21. The number of nitrogens with one attached hydrogen (secondary N) is 1. The molecule has 0 radical (unpaired) electrons. The molecular weight excluding hydrogens is 441 g/mol. The van der Waals surface area contributed by atoms with Crippen molar-refractivity contribution >= 4 is 23.1 Å². The van der Waals surface area contributed by atoms with E-state index in [0.717, 1.165) is 29.1 Å². The maximum atomic E-state index is 14.3. The van der Waals surface area contributed by atoms with Gasteiger partial charge in [-0.05, 0) is 51.0 Å². The monoisotopic (exact) mass is 469 g/mol. The fourth-order valence-corrected chi connectivity index (χ4v) is 4.90. The van der Waals surface area contributed by atoms with Crippen molar-refractivity contribution in [3.05, 3.63) is 53.0 Å². The Hall–Kier alpha value is -2.98. The molecule has 3 heterocycles. The van der Waals surface area contributed by atoms with Gasteiger partial charge in [0.15, 0.2) is 0 Å². The van der Waals surface area contributed by atoms with E-state index in [0.29, 0.717) is 30.3 Å². The second-order valence-electron chi connectivity index (χ2n) is 9.14. The van der Waals surface area contributed by atoms with Crippen molar-refractivity contribution in [3.63, 3.8) is 0 Å². The Labute approximate surface area is 196 Å². The summed E-state index contributed by atoms with van der Waals surface area (Å²) in [5.74, 6) is 0.221. The van der Waals surface area contributed by atoms with Gasteiger partial charge < -0.3 is 16.0 Å². The van der Waals surface area contributed by atoms with Crippen LogP contribution in [0.5, 0.6) is 0 Å². The van der Waals surface area contributed by atoms with Crippen LogP contribution < -0.4 is 11.1 Å². The highest BCUT2D eigenvalue weighted by atomic mass is 32.1.